The van der Waals surface area contributed by atoms with Gasteiger partial charge in [-0.3, -0.25) is 4.79 Å². The van der Waals surface area contributed by atoms with Crippen molar-refractivity contribution in [1.82, 2.24) is 10.2 Å². The molecule has 2 unspecified atom stereocenters. The van der Waals surface area contributed by atoms with Crippen LogP contribution in [0.3, 0.4) is 0 Å². The summed E-state index contributed by atoms with van der Waals surface area (Å²) in [5.41, 5.74) is 2.62. The Morgan fingerprint density at radius 1 is 1.04 bits per heavy atom. The molecule has 2 fully saturated rings. The van der Waals surface area contributed by atoms with E-state index in [1.807, 2.05) is 12.1 Å². The first kappa shape index (κ1) is 15.4. The minimum absolute atomic E-state index is 0.184. The molecule has 2 aromatic carbocycles. The standard InChI is InChI=1S/C21H24N2O/c24-21(20-14-19(20)17-9-5-2-6-10-17)23-12-11-22-15-18(23)13-16-7-3-1-4-8-16/h1-10,18-20,22H,11-15H2/t18-,19?,20?/m1/s1. The minimum atomic E-state index is 0.184. The molecule has 1 amide bonds. The van der Waals surface area contributed by atoms with Gasteiger partial charge in [0.15, 0.2) is 0 Å². The van der Waals surface area contributed by atoms with E-state index in [2.05, 4.69) is 58.7 Å². The number of amides is 1. The first-order valence-electron chi connectivity index (χ1n) is 8.93. The van der Waals surface area contributed by atoms with E-state index in [1.54, 1.807) is 0 Å². The van der Waals surface area contributed by atoms with Gasteiger partial charge in [-0.05, 0) is 29.9 Å². The number of hydrogen-bond acceptors (Lipinski definition) is 2. The van der Waals surface area contributed by atoms with Crippen molar-refractivity contribution in [1.29, 1.82) is 0 Å². The Balaban J connectivity index is 1.44. The first-order valence-corrected chi connectivity index (χ1v) is 8.93. The van der Waals surface area contributed by atoms with Gasteiger partial charge in [0.2, 0.25) is 5.91 Å². The minimum Gasteiger partial charge on any atom is -0.337 e. The lowest BCUT2D eigenvalue weighted by Crippen LogP contribution is -2.55. The SMILES string of the molecule is O=C(C1CC1c1ccccc1)N1CCNC[C@H]1Cc1ccccc1. The molecule has 3 atom stereocenters. The average Bonchev–Trinajstić information content (AvgIpc) is 3.44. The van der Waals surface area contributed by atoms with E-state index in [0.29, 0.717) is 11.8 Å². The van der Waals surface area contributed by atoms with E-state index in [9.17, 15) is 4.79 Å². The predicted octanol–water partition coefficient (Wildman–Crippen LogP) is 2.83. The van der Waals surface area contributed by atoms with E-state index >= 15 is 0 Å². The van der Waals surface area contributed by atoms with Crippen molar-refractivity contribution in [2.75, 3.05) is 19.6 Å². The zero-order valence-corrected chi connectivity index (χ0v) is 13.9. The number of nitrogens with zero attached hydrogens (tertiary/aromatic N) is 1. The van der Waals surface area contributed by atoms with Gasteiger partial charge < -0.3 is 10.2 Å². The molecule has 1 aliphatic carbocycles. The summed E-state index contributed by atoms with van der Waals surface area (Å²) in [6, 6.07) is 21.2. The van der Waals surface area contributed by atoms with Gasteiger partial charge in [0.05, 0.1) is 0 Å². The highest BCUT2D eigenvalue weighted by atomic mass is 16.2. The average molecular weight is 320 g/mol. The summed E-state index contributed by atoms with van der Waals surface area (Å²) in [7, 11) is 0. The highest BCUT2D eigenvalue weighted by Crippen LogP contribution is 2.48. The number of rotatable bonds is 4. The highest BCUT2D eigenvalue weighted by molar-refractivity contribution is 5.83. The second-order valence-electron chi connectivity index (χ2n) is 6.94. The molecule has 124 valence electrons. The molecule has 1 aliphatic heterocycles. The van der Waals surface area contributed by atoms with Gasteiger partial charge in [0.25, 0.3) is 0 Å². The Bertz CT molecular complexity index is 685. The van der Waals surface area contributed by atoms with Crippen LogP contribution in [0.1, 0.15) is 23.5 Å². The van der Waals surface area contributed by atoms with Gasteiger partial charge in [-0.2, -0.15) is 0 Å². The maximum Gasteiger partial charge on any atom is 0.226 e. The third-order valence-corrected chi connectivity index (χ3v) is 5.28. The van der Waals surface area contributed by atoms with Crippen molar-refractivity contribution in [2.45, 2.75) is 24.8 Å². The molecule has 4 rings (SSSR count). The van der Waals surface area contributed by atoms with Crippen LogP contribution in [-0.2, 0) is 11.2 Å². The molecule has 2 aliphatic rings. The Labute approximate surface area is 143 Å². The summed E-state index contributed by atoms with van der Waals surface area (Å²) >= 11 is 0. The van der Waals surface area contributed by atoms with Crippen molar-refractivity contribution in [3.63, 3.8) is 0 Å². The quantitative estimate of drug-likeness (QED) is 0.939. The monoisotopic (exact) mass is 320 g/mol. The van der Waals surface area contributed by atoms with E-state index in [1.165, 1.54) is 11.1 Å². The molecular weight excluding hydrogens is 296 g/mol. The van der Waals surface area contributed by atoms with Crippen LogP contribution in [0.25, 0.3) is 0 Å². The lowest BCUT2D eigenvalue weighted by atomic mass is 10.0. The zero-order chi connectivity index (χ0) is 16.4. The number of hydrogen-bond donors (Lipinski definition) is 1. The topological polar surface area (TPSA) is 32.3 Å². The molecule has 0 spiro atoms. The fourth-order valence-corrected chi connectivity index (χ4v) is 3.87. The molecule has 1 saturated carbocycles. The van der Waals surface area contributed by atoms with Gasteiger partial charge in [-0.1, -0.05) is 60.7 Å². The number of carbonyl (C=O) groups excluding carboxylic acids is 1. The van der Waals surface area contributed by atoms with Crippen LogP contribution < -0.4 is 5.32 Å². The number of piperazine rings is 1. The maximum absolute atomic E-state index is 13.0. The van der Waals surface area contributed by atoms with Crippen molar-refractivity contribution in [3.05, 3.63) is 71.8 Å². The summed E-state index contributed by atoms with van der Waals surface area (Å²) in [5, 5.41) is 3.45. The Morgan fingerprint density at radius 2 is 1.75 bits per heavy atom. The molecule has 0 radical (unpaired) electrons. The fourth-order valence-electron chi connectivity index (χ4n) is 3.87. The normalized spacial score (nSPS) is 26.2. The molecular formula is C21H24N2O. The summed E-state index contributed by atoms with van der Waals surface area (Å²) in [4.78, 5) is 15.2. The van der Waals surface area contributed by atoms with Crippen LogP contribution in [-0.4, -0.2) is 36.5 Å². The van der Waals surface area contributed by atoms with Crippen LogP contribution in [0.2, 0.25) is 0 Å². The Kier molecular flexibility index (Phi) is 4.35. The zero-order valence-electron chi connectivity index (χ0n) is 13.9. The van der Waals surface area contributed by atoms with E-state index in [0.717, 1.165) is 32.5 Å². The van der Waals surface area contributed by atoms with Crippen molar-refractivity contribution in [3.8, 4) is 0 Å². The lowest BCUT2D eigenvalue weighted by molar-refractivity contribution is -0.135. The second-order valence-corrected chi connectivity index (χ2v) is 6.94. The second kappa shape index (κ2) is 6.78. The Hall–Kier alpha value is -2.13. The molecule has 0 aromatic heterocycles. The van der Waals surface area contributed by atoms with Crippen LogP contribution in [0.15, 0.2) is 60.7 Å². The van der Waals surface area contributed by atoms with E-state index in [4.69, 9.17) is 0 Å². The van der Waals surface area contributed by atoms with Crippen molar-refractivity contribution >= 4 is 5.91 Å². The van der Waals surface area contributed by atoms with Crippen LogP contribution >= 0.6 is 0 Å². The molecule has 24 heavy (non-hydrogen) atoms. The molecule has 1 saturated heterocycles. The largest absolute Gasteiger partial charge is 0.337 e. The van der Waals surface area contributed by atoms with Crippen LogP contribution in [0.4, 0.5) is 0 Å². The molecule has 1 N–H and O–H groups in total. The smallest absolute Gasteiger partial charge is 0.226 e. The van der Waals surface area contributed by atoms with Gasteiger partial charge in [-0.15, -0.1) is 0 Å². The molecule has 3 heteroatoms. The third-order valence-electron chi connectivity index (χ3n) is 5.28. The molecule has 1 heterocycles. The molecule has 3 nitrogen and oxygen atoms in total. The van der Waals surface area contributed by atoms with Gasteiger partial charge in [0, 0.05) is 31.6 Å². The molecule has 2 aromatic rings. The highest BCUT2D eigenvalue weighted by Gasteiger charge is 2.47. The van der Waals surface area contributed by atoms with E-state index < -0.39 is 0 Å². The number of benzene rings is 2. The van der Waals surface area contributed by atoms with Crippen molar-refractivity contribution < 1.29 is 4.79 Å². The summed E-state index contributed by atoms with van der Waals surface area (Å²) in [5.74, 6) is 0.959. The summed E-state index contributed by atoms with van der Waals surface area (Å²) < 4.78 is 0. The third kappa shape index (κ3) is 3.22. The summed E-state index contributed by atoms with van der Waals surface area (Å²) in [6.45, 7) is 2.62. The molecule has 0 bridgehead atoms. The predicted molar refractivity (Wildman–Crippen MR) is 95.8 cm³/mol. The number of carbonyl (C=O) groups is 1. The number of nitrogens with one attached hydrogen (secondary N) is 1. The lowest BCUT2D eigenvalue weighted by Gasteiger charge is -2.36. The fraction of sp³-hybridized carbons (Fsp3) is 0.381. The van der Waals surface area contributed by atoms with Crippen LogP contribution in [0.5, 0.6) is 0 Å². The van der Waals surface area contributed by atoms with Gasteiger partial charge in [0.1, 0.15) is 0 Å². The maximum atomic E-state index is 13.0. The van der Waals surface area contributed by atoms with Crippen molar-refractivity contribution in [2.24, 2.45) is 5.92 Å². The first-order chi connectivity index (χ1) is 11.8. The van der Waals surface area contributed by atoms with Crippen LogP contribution in [0, 0.1) is 5.92 Å². The van der Waals surface area contributed by atoms with E-state index in [-0.39, 0.29) is 12.0 Å². The van der Waals surface area contributed by atoms with Gasteiger partial charge >= 0.3 is 0 Å². The Morgan fingerprint density at radius 3 is 2.50 bits per heavy atom. The summed E-state index contributed by atoms with van der Waals surface area (Å²) in [6.07, 6.45) is 1.94. The van der Waals surface area contributed by atoms with Gasteiger partial charge in [-0.25, -0.2) is 0 Å².